The Morgan fingerprint density at radius 2 is 1.91 bits per heavy atom. The minimum absolute atomic E-state index is 0. The number of sulfonamides is 1. The maximum Gasteiger partial charge on any atom is 0.267 e. The van der Waals surface area contributed by atoms with E-state index in [-0.39, 0.29) is 53.5 Å². The first kappa shape index (κ1) is 39.6. The van der Waals surface area contributed by atoms with Crippen LogP contribution in [0.4, 0.5) is 14.6 Å². The minimum atomic E-state index is -3.79. The number of alkyl halides is 2. The molecule has 1 amide bonds. The number of piperidine rings is 1. The molecule has 0 spiro atoms. The van der Waals surface area contributed by atoms with E-state index in [0.29, 0.717) is 75.0 Å². The third-order valence-corrected chi connectivity index (χ3v) is 11.8. The second-order valence-electron chi connectivity index (χ2n) is 13.6. The first-order valence-electron chi connectivity index (χ1n) is 17.0. The summed E-state index contributed by atoms with van der Waals surface area (Å²) < 4.78 is 54.3. The average molecular weight is 809 g/mol. The molecule has 5 aromatic rings. The third-order valence-electron chi connectivity index (χ3n) is 9.96. The van der Waals surface area contributed by atoms with Gasteiger partial charge >= 0.3 is 0 Å². The summed E-state index contributed by atoms with van der Waals surface area (Å²) in [5.41, 5.74) is 2.28. The highest BCUT2D eigenvalue weighted by atomic mass is 35.5. The number of aryl methyl sites for hydroxylation is 1. The highest BCUT2D eigenvalue weighted by Gasteiger charge is 2.48. The number of rotatable bonds is 7. The van der Waals surface area contributed by atoms with E-state index in [2.05, 4.69) is 37.8 Å². The lowest BCUT2D eigenvalue weighted by atomic mass is 9.85. The molecule has 2 aliphatic rings. The highest BCUT2D eigenvalue weighted by Crippen LogP contribution is 2.42. The topological polar surface area (TPSA) is 186 Å². The molecule has 1 saturated heterocycles. The average Bonchev–Trinajstić information content (AvgIpc) is 3.56. The largest absolute Gasteiger partial charge is 0.412 e. The lowest BCUT2D eigenvalue weighted by Gasteiger charge is -2.46. The van der Waals surface area contributed by atoms with Crippen molar-refractivity contribution >= 4 is 65.8 Å². The Balaban J connectivity index is 0.00000514. The van der Waals surface area contributed by atoms with Gasteiger partial charge < -0.3 is 10.4 Å². The van der Waals surface area contributed by atoms with Crippen LogP contribution in [0.15, 0.2) is 46.8 Å². The second-order valence-corrected chi connectivity index (χ2v) is 16.6. The fourth-order valence-corrected chi connectivity index (χ4v) is 8.81. The zero-order valence-corrected chi connectivity index (χ0v) is 32.2. The number of anilines is 1. The summed E-state index contributed by atoms with van der Waals surface area (Å²) in [7, 11) is -1.96. The van der Waals surface area contributed by atoms with Crippen LogP contribution in [0.3, 0.4) is 0 Å². The molecule has 1 aliphatic heterocycles. The van der Waals surface area contributed by atoms with Crippen LogP contribution in [0.1, 0.15) is 53.0 Å². The number of benzene rings is 1. The van der Waals surface area contributed by atoms with Crippen molar-refractivity contribution in [3.8, 4) is 29.0 Å². The van der Waals surface area contributed by atoms with Gasteiger partial charge in [-0.15, -0.1) is 11.3 Å². The predicted molar refractivity (Wildman–Crippen MR) is 207 cm³/mol. The molecule has 3 N–H and O–H groups in total. The number of hydrogen-bond acceptors (Lipinski definition) is 11. The third kappa shape index (κ3) is 7.89. The summed E-state index contributed by atoms with van der Waals surface area (Å²) in [5.74, 6) is 3.59. The van der Waals surface area contributed by atoms with E-state index in [1.54, 1.807) is 31.2 Å². The standard InChI is InChI=1S/C37H33ClF2N8O4S2.H2O/c1-21-44-30-19-43-34(46(2)24-9-13-47(14-10-24)25-16-37(39,40)17-25)28(18-41)31(30)36(50)48(21)12-4-5-22-6-7-23(38)15-27(22)26-8-11-42-32-29(20-53-33(26)32)35(49)45-54(3,51)52;/h6-8,11,15,19-20,24-25H,9-10,12-14,16-17H2,1-3H3,(H,45,49);1H2. The first-order valence-corrected chi connectivity index (χ1v) is 20.1. The van der Waals surface area contributed by atoms with Crippen LogP contribution in [0.5, 0.6) is 0 Å². The zero-order valence-electron chi connectivity index (χ0n) is 29.9. The van der Waals surface area contributed by atoms with Crippen molar-refractivity contribution in [2.75, 3.05) is 31.3 Å². The van der Waals surface area contributed by atoms with Crippen molar-refractivity contribution in [1.82, 2.24) is 29.1 Å². The SMILES string of the molecule is Cc1nc2cnc(N(C)C3CCN(C4CC(F)(F)C4)CC3)c(C#N)c2c(=O)n1CC#Cc1ccc(Cl)cc1-c1ccnc2c(C(=O)NS(C)(=O)=O)csc12.O. The first-order chi connectivity index (χ1) is 25.6. The van der Waals surface area contributed by atoms with Gasteiger partial charge in [-0.1, -0.05) is 23.4 Å². The van der Waals surface area contributed by atoms with Crippen LogP contribution in [-0.2, 0) is 16.6 Å². The number of nitrogens with one attached hydrogen (secondary N) is 1. The molecule has 286 valence electrons. The number of nitrogens with zero attached hydrogens (tertiary/aromatic N) is 7. The molecule has 7 rings (SSSR count). The molecule has 0 bridgehead atoms. The van der Waals surface area contributed by atoms with E-state index < -0.39 is 27.4 Å². The molecular formula is C37H35ClF2N8O5S2. The fourth-order valence-electron chi connectivity index (χ4n) is 7.16. The predicted octanol–water partition coefficient (Wildman–Crippen LogP) is 4.52. The molecule has 0 unspecified atom stereocenters. The molecule has 55 heavy (non-hydrogen) atoms. The molecule has 13 nitrogen and oxygen atoms in total. The van der Waals surface area contributed by atoms with Gasteiger partial charge in [0.1, 0.15) is 23.3 Å². The van der Waals surface area contributed by atoms with Gasteiger partial charge in [-0.25, -0.2) is 31.9 Å². The van der Waals surface area contributed by atoms with Gasteiger partial charge in [-0.05, 0) is 44.0 Å². The molecule has 1 aliphatic carbocycles. The zero-order chi connectivity index (χ0) is 38.5. The van der Waals surface area contributed by atoms with Crippen molar-refractivity contribution in [2.45, 2.75) is 57.2 Å². The monoisotopic (exact) mass is 808 g/mol. The molecule has 5 heterocycles. The Kier molecular flexibility index (Phi) is 11.0. The van der Waals surface area contributed by atoms with Crippen molar-refractivity contribution in [2.24, 2.45) is 0 Å². The number of amides is 1. The highest BCUT2D eigenvalue weighted by molar-refractivity contribution is 7.89. The van der Waals surface area contributed by atoms with E-state index in [9.17, 15) is 32.0 Å². The van der Waals surface area contributed by atoms with E-state index >= 15 is 0 Å². The smallest absolute Gasteiger partial charge is 0.267 e. The summed E-state index contributed by atoms with van der Waals surface area (Å²) in [4.78, 5) is 44.2. The maximum atomic E-state index is 14.1. The fraction of sp³-hybridized carbons (Fsp3) is 0.351. The molecule has 1 saturated carbocycles. The van der Waals surface area contributed by atoms with E-state index in [4.69, 9.17) is 11.6 Å². The Bertz CT molecular complexity index is 2620. The van der Waals surface area contributed by atoms with E-state index in [1.807, 2.05) is 16.7 Å². The van der Waals surface area contributed by atoms with Crippen LogP contribution in [0.2, 0.25) is 5.02 Å². The van der Waals surface area contributed by atoms with Gasteiger partial charge in [0.15, 0.2) is 0 Å². The van der Waals surface area contributed by atoms with Crippen LogP contribution in [0.25, 0.3) is 32.2 Å². The lowest BCUT2D eigenvalue weighted by molar-refractivity contribution is -0.127. The number of hydrogen-bond donors (Lipinski definition) is 1. The normalized spacial score (nSPS) is 16.1. The summed E-state index contributed by atoms with van der Waals surface area (Å²) in [6.45, 7) is 2.95. The van der Waals surface area contributed by atoms with Crippen LogP contribution in [0, 0.1) is 30.1 Å². The van der Waals surface area contributed by atoms with Crippen LogP contribution >= 0.6 is 22.9 Å². The van der Waals surface area contributed by atoms with Crippen molar-refractivity contribution in [3.63, 3.8) is 0 Å². The van der Waals surface area contributed by atoms with E-state index in [1.165, 1.54) is 33.7 Å². The van der Waals surface area contributed by atoms with Crippen LogP contribution in [-0.4, -0.2) is 88.6 Å². The number of nitriles is 1. The lowest BCUT2D eigenvalue weighted by Crippen LogP contribution is -2.55. The summed E-state index contributed by atoms with van der Waals surface area (Å²) in [6.07, 6.45) is 5.10. The molecular weight excluding hydrogens is 774 g/mol. The number of fused-ring (bicyclic) bond motifs is 2. The number of carbonyl (C=O) groups excluding carboxylic acids is 1. The number of thiophene rings is 1. The quantitative estimate of drug-likeness (QED) is 0.229. The van der Waals surface area contributed by atoms with Gasteiger partial charge in [0, 0.05) is 78.4 Å². The Morgan fingerprint density at radius 3 is 2.58 bits per heavy atom. The van der Waals surface area contributed by atoms with Gasteiger partial charge in [0.05, 0.1) is 45.7 Å². The number of halogens is 3. The number of carbonyl (C=O) groups is 1. The van der Waals surface area contributed by atoms with Gasteiger partial charge in [0.25, 0.3) is 17.4 Å². The molecule has 4 aromatic heterocycles. The Labute approximate surface area is 323 Å². The minimum Gasteiger partial charge on any atom is -0.412 e. The van der Waals surface area contributed by atoms with Gasteiger partial charge in [-0.3, -0.25) is 24.0 Å². The molecule has 1 aromatic carbocycles. The Morgan fingerprint density at radius 1 is 1.18 bits per heavy atom. The maximum absolute atomic E-state index is 14.1. The summed E-state index contributed by atoms with van der Waals surface area (Å²) >= 11 is 7.64. The van der Waals surface area contributed by atoms with Crippen molar-refractivity contribution < 1.29 is 27.5 Å². The molecule has 18 heteroatoms. The van der Waals surface area contributed by atoms with E-state index in [0.717, 1.165) is 6.26 Å². The Hall–Kier alpha value is -5.04. The molecule has 0 atom stereocenters. The second kappa shape index (κ2) is 15.2. The summed E-state index contributed by atoms with van der Waals surface area (Å²) in [5, 5.41) is 12.4. The van der Waals surface area contributed by atoms with Gasteiger partial charge in [-0.2, -0.15) is 5.26 Å². The molecule has 2 fully saturated rings. The van der Waals surface area contributed by atoms with Crippen molar-refractivity contribution in [1.29, 1.82) is 5.26 Å². The molecule has 0 radical (unpaired) electrons. The number of pyridine rings is 2. The summed E-state index contributed by atoms with van der Waals surface area (Å²) in [6, 6.07) is 8.99. The van der Waals surface area contributed by atoms with Gasteiger partial charge in [0.2, 0.25) is 10.0 Å². The number of likely N-dealkylation sites (tertiary alicyclic amines) is 1. The number of aromatic nitrogens is 4. The van der Waals surface area contributed by atoms with Crippen molar-refractivity contribution in [3.05, 3.63) is 79.9 Å². The van der Waals surface area contributed by atoms with Crippen LogP contribution < -0.4 is 15.2 Å².